The zero-order chi connectivity index (χ0) is 17.5. The summed E-state index contributed by atoms with van der Waals surface area (Å²) < 4.78 is 5.22. The lowest BCUT2D eigenvalue weighted by atomic mass is 10.2. The predicted octanol–water partition coefficient (Wildman–Crippen LogP) is 2.48. The number of halogens is 1. The molecule has 2 N–H and O–H groups in total. The van der Waals surface area contributed by atoms with Crippen molar-refractivity contribution in [1.29, 1.82) is 0 Å². The first-order valence-corrected chi connectivity index (χ1v) is 7.02. The molecule has 0 saturated heterocycles. The Morgan fingerprint density at radius 3 is 2.71 bits per heavy atom. The molecule has 0 saturated carbocycles. The molecule has 0 radical (unpaired) electrons. The first-order chi connectivity index (χ1) is 11.5. The van der Waals surface area contributed by atoms with E-state index in [1.807, 2.05) is 0 Å². The number of para-hydroxylation sites is 1. The van der Waals surface area contributed by atoms with E-state index in [9.17, 15) is 20.0 Å². The number of phenols is 1. The number of hydrazone groups is 1. The van der Waals surface area contributed by atoms with Crippen molar-refractivity contribution in [1.82, 2.24) is 5.43 Å². The van der Waals surface area contributed by atoms with E-state index in [4.69, 9.17) is 16.3 Å². The average molecular weight is 350 g/mol. The molecule has 2 rings (SSSR count). The average Bonchev–Trinajstić information content (AvgIpc) is 2.55. The fraction of sp³-hybridized carbons (Fsp3) is 0.0667. The minimum atomic E-state index is -0.717. The molecule has 8 nitrogen and oxygen atoms in total. The third-order valence-electron chi connectivity index (χ3n) is 2.82. The van der Waals surface area contributed by atoms with Crippen molar-refractivity contribution in [2.24, 2.45) is 5.10 Å². The molecule has 0 atom stereocenters. The number of hydrogen-bond donors (Lipinski definition) is 2. The Bertz CT molecular complexity index is 777. The first kappa shape index (κ1) is 17.2. The van der Waals surface area contributed by atoms with Crippen LogP contribution in [0.3, 0.4) is 0 Å². The molecule has 0 aliphatic rings. The second-order valence-electron chi connectivity index (χ2n) is 4.51. The quantitative estimate of drug-likeness (QED) is 0.472. The van der Waals surface area contributed by atoms with Gasteiger partial charge in [0.2, 0.25) is 5.75 Å². The van der Waals surface area contributed by atoms with Gasteiger partial charge in [-0.05, 0) is 30.3 Å². The Kier molecular flexibility index (Phi) is 5.69. The van der Waals surface area contributed by atoms with Gasteiger partial charge in [-0.15, -0.1) is 0 Å². The van der Waals surface area contributed by atoms with Gasteiger partial charge in [-0.3, -0.25) is 14.9 Å². The number of rotatable bonds is 6. The van der Waals surface area contributed by atoms with Gasteiger partial charge < -0.3 is 9.84 Å². The summed E-state index contributed by atoms with van der Waals surface area (Å²) in [6.45, 7) is -0.278. The van der Waals surface area contributed by atoms with Crippen molar-refractivity contribution in [3.63, 3.8) is 0 Å². The summed E-state index contributed by atoms with van der Waals surface area (Å²) in [6, 6.07) is 10.4. The van der Waals surface area contributed by atoms with Gasteiger partial charge in [-0.1, -0.05) is 17.7 Å². The summed E-state index contributed by atoms with van der Waals surface area (Å²) in [7, 11) is 0. The molecule has 124 valence electrons. The lowest BCUT2D eigenvalue weighted by Crippen LogP contribution is -2.24. The molecule has 0 aliphatic heterocycles. The van der Waals surface area contributed by atoms with Crippen LogP contribution in [0.5, 0.6) is 11.5 Å². The van der Waals surface area contributed by atoms with E-state index in [1.165, 1.54) is 12.1 Å². The summed E-state index contributed by atoms with van der Waals surface area (Å²) in [5.74, 6) is -0.598. The molecule has 0 unspecified atom stereocenters. The van der Waals surface area contributed by atoms with E-state index < -0.39 is 22.3 Å². The molecule has 0 bridgehead atoms. The van der Waals surface area contributed by atoms with Crippen LogP contribution in [-0.4, -0.2) is 28.8 Å². The Morgan fingerprint density at radius 2 is 2.04 bits per heavy atom. The number of carbonyl (C=O) groups is 1. The lowest BCUT2D eigenvalue weighted by Gasteiger charge is -2.04. The van der Waals surface area contributed by atoms with Crippen LogP contribution in [0.25, 0.3) is 0 Å². The van der Waals surface area contributed by atoms with Gasteiger partial charge in [0.15, 0.2) is 6.61 Å². The zero-order valence-electron chi connectivity index (χ0n) is 12.2. The van der Waals surface area contributed by atoms with Crippen LogP contribution in [0.1, 0.15) is 5.56 Å². The number of carbonyl (C=O) groups excluding carboxylic acids is 1. The van der Waals surface area contributed by atoms with Crippen LogP contribution in [0.15, 0.2) is 47.6 Å². The summed E-state index contributed by atoms with van der Waals surface area (Å²) in [5.41, 5.74) is 1.84. The predicted molar refractivity (Wildman–Crippen MR) is 87.4 cm³/mol. The second-order valence-corrected chi connectivity index (χ2v) is 4.94. The fourth-order valence-corrected chi connectivity index (χ4v) is 1.81. The highest BCUT2D eigenvalue weighted by Crippen LogP contribution is 2.27. The number of nitrogens with zero attached hydrogens (tertiary/aromatic N) is 2. The van der Waals surface area contributed by atoms with Gasteiger partial charge in [0.25, 0.3) is 5.91 Å². The molecule has 0 aliphatic carbocycles. The number of amides is 1. The van der Waals surface area contributed by atoms with Crippen LogP contribution in [0.4, 0.5) is 5.69 Å². The van der Waals surface area contributed by atoms with Crippen molar-refractivity contribution in [3.8, 4) is 11.5 Å². The maximum atomic E-state index is 11.6. The third-order valence-corrected chi connectivity index (χ3v) is 3.07. The highest BCUT2D eigenvalue weighted by atomic mass is 35.5. The number of aromatic hydroxyl groups is 1. The largest absolute Gasteiger partial charge is 0.502 e. The maximum Gasteiger partial charge on any atom is 0.311 e. The molecule has 0 heterocycles. The summed E-state index contributed by atoms with van der Waals surface area (Å²) in [4.78, 5) is 21.6. The molecule has 24 heavy (non-hydrogen) atoms. The number of benzene rings is 2. The number of nitrogens with one attached hydrogen (secondary N) is 1. The highest BCUT2D eigenvalue weighted by molar-refractivity contribution is 6.30. The van der Waals surface area contributed by atoms with E-state index in [-0.39, 0.29) is 12.2 Å². The normalized spacial score (nSPS) is 10.5. The van der Waals surface area contributed by atoms with Crippen LogP contribution in [0, 0.1) is 10.1 Å². The van der Waals surface area contributed by atoms with Gasteiger partial charge in [-0.2, -0.15) is 5.10 Å². The van der Waals surface area contributed by atoms with Crippen molar-refractivity contribution in [3.05, 3.63) is 63.2 Å². The summed E-state index contributed by atoms with van der Waals surface area (Å²) in [6.07, 6.45) is 1.10. The van der Waals surface area contributed by atoms with E-state index in [0.29, 0.717) is 10.8 Å². The van der Waals surface area contributed by atoms with E-state index >= 15 is 0 Å². The number of ether oxygens (including phenoxy) is 1. The standard InChI is InChI=1S/C15H12ClN3O5/c16-11-4-6-12(7-5-11)24-9-14(20)18-17-8-10-2-1-3-13(15(10)21)19(22)23/h1-8,21H,9H2,(H,18,20). The molecule has 2 aromatic carbocycles. The molecule has 9 heteroatoms. The first-order valence-electron chi connectivity index (χ1n) is 6.64. The molecule has 0 fully saturated rings. The topological polar surface area (TPSA) is 114 Å². The zero-order valence-corrected chi connectivity index (χ0v) is 12.9. The lowest BCUT2D eigenvalue weighted by molar-refractivity contribution is -0.385. The smallest absolute Gasteiger partial charge is 0.311 e. The minimum absolute atomic E-state index is 0.100. The molecule has 0 spiro atoms. The van der Waals surface area contributed by atoms with Gasteiger partial charge >= 0.3 is 5.69 Å². The summed E-state index contributed by atoms with van der Waals surface area (Å²) >= 11 is 5.73. The Hall–Kier alpha value is -3.13. The van der Waals surface area contributed by atoms with Crippen molar-refractivity contribution >= 4 is 29.4 Å². The van der Waals surface area contributed by atoms with Crippen LogP contribution in [0.2, 0.25) is 5.02 Å². The fourth-order valence-electron chi connectivity index (χ4n) is 1.69. The van der Waals surface area contributed by atoms with E-state index in [2.05, 4.69) is 10.5 Å². The number of phenolic OH excluding ortho intramolecular Hbond substituents is 1. The molecular weight excluding hydrogens is 338 g/mol. The molecule has 1 amide bonds. The van der Waals surface area contributed by atoms with Crippen LogP contribution < -0.4 is 10.2 Å². The van der Waals surface area contributed by atoms with E-state index in [0.717, 1.165) is 12.3 Å². The summed E-state index contributed by atoms with van der Waals surface area (Å²) in [5, 5.41) is 24.6. The monoisotopic (exact) mass is 349 g/mol. The number of nitro groups is 1. The van der Waals surface area contributed by atoms with Crippen molar-refractivity contribution in [2.45, 2.75) is 0 Å². The highest BCUT2D eigenvalue weighted by Gasteiger charge is 2.15. The van der Waals surface area contributed by atoms with Crippen LogP contribution >= 0.6 is 11.6 Å². The molecular formula is C15H12ClN3O5. The third kappa shape index (κ3) is 4.68. The minimum Gasteiger partial charge on any atom is -0.502 e. The Balaban J connectivity index is 1.89. The Morgan fingerprint density at radius 1 is 1.33 bits per heavy atom. The second kappa shape index (κ2) is 7.93. The van der Waals surface area contributed by atoms with Gasteiger partial charge in [-0.25, -0.2) is 5.43 Å². The molecule has 0 aromatic heterocycles. The van der Waals surface area contributed by atoms with Gasteiger partial charge in [0.1, 0.15) is 5.75 Å². The molecule has 2 aromatic rings. The number of nitro benzene ring substituents is 1. The van der Waals surface area contributed by atoms with Crippen LogP contribution in [-0.2, 0) is 4.79 Å². The van der Waals surface area contributed by atoms with Crippen molar-refractivity contribution in [2.75, 3.05) is 6.61 Å². The van der Waals surface area contributed by atoms with Gasteiger partial charge in [0, 0.05) is 16.7 Å². The number of hydrogen-bond acceptors (Lipinski definition) is 6. The van der Waals surface area contributed by atoms with Crippen molar-refractivity contribution < 1.29 is 19.6 Å². The maximum absolute atomic E-state index is 11.6. The van der Waals surface area contributed by atoms with E-state index in [1.54, 1.807) is 24.3 Å². The Labute approximate surface area is 141 Å². The SMILES string of the molecule is O=C(COc1ccc(Cl)cc1)NN=Cc1cccc([N+](=O)[O-])c1O. The van der Waals surface area contributed by atoms with Gasteiger partial charge in [0.05, 0.1) is 11.1 Å².